The molecule has 0 aromatic heterocycles. The Labute approximate surface area is 109 Å². The number of rotatable bonds is 4. The molecule has 1 saturated heterocycles. The van der Waals surface area contributed by atoms with E-state index in [1.54, 1.807) is 6.07 Å². The quantitative estimate of drug-likeness (QED) is 0.831. The van der Waals surface area contributed by atoms with Crippen LogP contribution in [-0.4, -0.2) is 18.0 Å². The van der Waals surface area contributed by atoms with Crippen molar-refractivity contribution < 1.29 is 0 Å². The predicted molar refractivity (Wildman–Crippen MR) is 74.2 cm³/mol. The lowest BCUT2D eigenvalue weighted by molar-refractivity contribution is 0.313. The Bertz CT molecular complexity index is 358. The van der Waals surface area contributed by atoms with Crippen LogP contribution in [0.5, 0.6) is 0 Å². The number of nitrogens with two attached hydrogens (primary N) is 1. The van der Waals surface area contributed by atoms with Gasteiger partial charge in [0, 0.05) is 23.8 Å². The average Bonchev–Trinajstić information content (AvgIpc) is 2.64. The van der Waals surface area contributed by atoms with Crippen LogP contribution in [0.3, 0.4) is 0 Å². The molecule has 1 aromatic rings. The fraction of sp³-hybridized carbons (Fsp3) is 0.571. The van der Waals surface area contributed by atoms with Crippen LogP contribution >= 0.6 is 11.6 Å². The molecule has 3 heteroatoms. The molecule has 1 fully saturated rings. The molecule has 2 N–H and O–H groups in total. The summed E-state index contributed by atoms with van der Waals surface area (Å²) >= 11 is 6.02. The predicted octanol–water partition coefficient (Wildman–Crippen LogP) is 3.54. The molecule has 1 atom stereocenters. The van der Waals surface area contributed by atoms with E-state index < -0.39 is 0 Å². The second-order valence-corrected chi connectivity index (χ2v) is 5.51. The molecule has 0 aliphatic carbocycles. The SMILES string of the molecule is CCCC1CCN(Cc2cc(N)cc(Cl)c2)C1. The molecule has 1 aliphatic heterocycles. The van der Waals surface area contributed by atoms with Crippen molar-refractivity contribution in [3.05, 3.63) is 28.8 Å². The summed E-state index contributed by atoms with van der Waals surface area (Å²) in [5.41, 5.74) is 7.80. The number of likely N-dealkylation sites (tertiary alicyclic amines) is 1. The van der Waals surface area contributed by atoms with Gasteiger partial charge in [0.25, 0.3) is 0 Å². The molecule has 94 valence electrons. The standard InChI is InChI=1S/C14H21ClN2/c1-2-3-11-4-5-17(9-11)10-12-6-13(15)8-14(16)7-12/h6-8,11H,2-5,9-10,16H2,1H3. The van der Waals surface area contributed by atoms with Crippen LogP contribution in [-0.2, 0) is 6.54 Å². The highest BCUT2D eigenvalue weighted by Gasteiger charge is 2.21. The normalized spacial score (nSPS) is 20.9. The molecule has 0 spiro atoms. The lowest BCUT2D eigenvalue weighted by Crippen LogP contribution is -2.20. The number of benzene rings is 1. The molecule has 0 radical (unpaired) electrons. The van der Waals surface area contributed by atoms with E-state index in [-0.39, 0.29) is 0 Å². The summed E-state index contributed by atoms with van der Waals surface area (Å²) in [6, 6.07) is 5.85. The van der Waals surface area contributed by atoms with E-state index in [0.717, 1.165) is 23.2 Å². The van der Waals surface area contributed by atoms with Crippen LogP contribution in [0.25, 0.3) is 0 Å². The van der Waals surface area contributed by atoms with Crippen molar-refractivity contribution in [1.82, 2.24) is 4.90 Å². The average molecular weight is 253 g/mol. The molecule has 17 heavy (non-hydrogen) atoms. The van der Waals surface area contributed by atoms with E-state index in [2.05, 4.69) is 11.8 Å². The topological polar surface area (TPSA) is 29.3 Å². The van der Waals surface area contributed by atoms with Gasteiger partial charge in [-0.2, -0.15) is 0 Å². The van der Waals surface area contributed by atoms with Gasteiger partial charge in [-0.3, -0.25) is 4.90 Å². The van der Waals surface area contributed by atoms with E-state index in [9.17, 15) is 0 Å². The molecule has 1 heterocycles. The first-order valence-electron chi connectivity index (χ1n) is 6.44. The van der Waals surface area contributed by atoms with Gasteiger partial charge < -0.3 is 5.73 Å². The third-order valence-electron chi connectivity index (χ3n) is 3.45. The number of hydrogen-bond donors (Lipinski definition) is 1. The second kappa shape index (κ2) is 5.74. The van der Waals surface area contributed by atoms with Crippen LogP contribution in [0, 0.1) is 5.92 Å². The molecule has 1 unspecified atom stereocenters. The lowest BCUT2D eigenvalue weighted by Gasteiger charge is -2.16. The molecule has 0 saturated carbocycles. The van der Waals surface area contributed by atoms with Crippen molar-refractivity contribution in [2.75, 3.05) is 18.8 Å². The Balaban J connectivity index is 1.93. The maximum absolute atomic E-state index is 6.02. The van der Waals surface area contributed by atoms with Crippen LogP contribution in [0.1, 0.15) is 31.7 Å². The maximum atomic E-state index is 6.02. The van der Waals surface area contributed by atoms with Gasteiger partial charge in [0.1, 0.15) is 0 Å². The van der Waals surface area contributed by atoms with Crippen LogP contribution in [0.2, 0.25) is 5.02 Å². The van der Waals surface area contributed by atoms with E-state index in [1.165, 1.54) is 37.9 Å². The van der Waals surface area contributed by atoms with E-state index in [1.807, 2.05) is 12.1 Å². The highest BCUT2D eigenvalue weighted by molar-refractivity contribution is 6.30. The van der Waals surface area contributed by atoms with Gasteiger partial charge in [0.15, 0.2) is 0 Å². The zero-order valence-electron chi connectivity index (χ0n) is 10.5. The summed E-state index contributed by atoms with van der Waals surface area (Å²) in [7, 11) is 0. The first-order valence-corrected chi connectivity index (χ1v) is 6.82. The summed E-state index contributed by atoms with van der Waals surface area (Å²) in [6.45, 7) is 5.67. The van der Waals surface area contributed by atoms with Gasteiger partial charge in [-0.05, 0) is 49.1 Å². The Morgan fingerprint density at radius 2 is 2.24 bits per heavy atom. The first kappa shape index (κ1) is 12.7. The van der Waals surface area contributed by atoms with Gasteiger partial charge >= 0.3 is 0 Å². The molecule has 2 nitrogen and oxygen atoms in total. The summed E-state index contributed by atoms with van der Waals surface area (Å²) in [4.78, 5) is 2.51. The number of anilines is 1. The van der Waals surface area contributed by atoms with Crippen molar-refractivity contribution in [3.8, 4) is 0 Å². The minimum absolute atomic E-state index is 0.740. The van der Waals surface area contributed by atoms with Gasteiger partial charge in [-0.1, -0.05) is 24.9 Å². The van der Waals surface area contributed by atoms with E-state index in [4.69, 9.17) is 17.3 Å². The number of nitrogen functional groups attached to an aromatic ring is 1. The maximum Gasteiger partial charge on any atom is 0.0429 e. The third-order valence-corrected chi connectivity index (χ3v) is 3.67. The zero-order chi connectivity index (χ0) is 12.3. The molecule has 0 amide bonds. The first-order chi connectivity index (χ1) is 8.17. The smallest absolute Gasteiger partial charge is 0.0429 e. The molecular weight excluding hydrogens is 232 g/mol. The largest absolute Gasteiger partial charge is 0.399 e. The molecule has 1 aliphatic rings. The van der Waals surface area contributed by atoms with Crippen molar-refractivity contribution >= 4 is 17.3 Å². The van der Waals surface area contributed by atoms with Crippen molar-refractivity contribution in [2.45, 2.75) is 32.7 Å². The van der Waals surface area contributed by atoms with Crippen molar-refractivity contribution in [2.24, 2.45) is 5.92 Å². The minimum Gasteiger partial charge on any atom is -0.399 e. The zero-order valence-corrected chi connectivity index (χ0v) is 11.2. The van der Waals surface area contributed by atoms with Crippen LogP contribution in [0.4, 0.5) is 5.69 Å². The van der Waals surface area contributed by atoms with Crippen LogP contribution < -0.4 is 5.73 Å². The van der Waals surface area contributed by atoms with Crippen molar-refractivity contribution in [1.29, 1.82) is 0 Å². The fourth-order valence-electron chi connectivity index (χ4n) is 2.73. The Morgan fingerprint density at radius 1 is 1.41 bits per heavy atom. The van der Waals surface area contributed by atoms with E-state index >= 15 is 0 Å². The molecule has 0 bridgehead atoms. The monoisotopic (exact) mass is 252 g/mol. The third kappa shape index (κ3) is 3.62. The minimum atomic E-state index is 0.740. The summed E-state index contributed by atoms with van der Waals surface area (Å²) < 4.78 is 0. The molecule has 1 aromatic carbocycles. The van der Waals surface area contributed by atoms with Gasteiger partial charge in [-0.15, -0.1) is 0 Å². The van der Waals surface area contributed by atoms with Gasteiger partial charge in [0.05, 0.1) is 0 Å². The number of hydrogen-bond acceptors (Lipinski definition) is 2. The highest BCUT2D eigenvalue weighted by atomic mass is 35.5. The Kier molecular flexibility index (Phi) is 4.30. The van der Waals surface area contributed by atoms with Crippen LogP contribution in [0.15, 0.2) is 18.2 Å². The highest BCUT2D eigenvalue weighted by Crippen LogP contribution is 2.24. The Hall–Kier alpha value is -0.730. The summed E-state index contributed by atoms with van der Waals surface area (Å²) in [5.74, 6) is 0.886. The summed E-state index contributed by atoms with van der Waals surface area (Å²) in [5, 5.41) is 0.740. The van der Waals surface area contributed by atoms with E-state index in [0.29, 0.717) is 0 Å². The molecule has 2 rings (SSSR count). The fourth-order valence-corrected chi connectivity index (χ4v) is 2.99. The number of halogens is 1. The van der Waals surface area contributed by atoms with Gasteiger partial charge in [0.2, 0.25) is 0 Å². The molecular formula is C14H21ClN2. The Morgan fingerprint density at radius 3 is 2.94 bits per heavy atom. The van der Waals surface area contributed by atoms with Gasteiger partial charge in [-0.25, -0.2) is 0 Å². The second-order valence-electron chi connectivity index (χ2n) is 5.07. The summed E-state index contributed by atoms with van der Waals surface area (Å²) in [6.07, 6.45) is 3.99. The van der Waals surface area contributed by atoms with Crippen molar-refractivity contribution in [3.63, 3.8) is 0 Å². The number of nitrogens with zero attached hydrogens (tertiary/aromatic N) is 1. The lowest BCUT2D eigenvalue weighted by atomic mass is 10.0.